The Morgan fingerprint density at radius 1 is 1.00 bits per heavy atom. The fourth-order valence-electron chi connectivity index (χ4n) is 4.22. The van der Waals surface area contributed by atoms with Crippen LogP contribution in [-0.2, 0) is 4.74 Å². The van der Waals surface area contributed by atoms with Gasteiger partial charge in [-0.05, 0) is 47.8 Å². The molecule has 1 aromatic rings. The van der Waals surface area contributed by atoms with Crippen LogP contribution in [0.4, 0.5) is 0 Å². The zero-order valence-corrected chi connectivity index (χ0v) is 19.3. The molecule has 0 amide bonds. The fourth-order valence-corrected chi connectivity index (χ4v) is 4.22. The number of benzene rings is 1. The van der Waals surface area contributed by atoms with Crippen LogP contribution in [0.1, 0.15) is 111 Å². The van der Waals surface area contributed by atoms with Crippen molar-refractivity contribution < 1.29 is 9.47 Å². The van der Waals surface area contributed by atoms with E-state index in [1.807, 2.05) is 0 Å². The molecular formula is C26H44O2. The minimum Gasteiger partial charge on any atom is -0.465 e. The van der Waals surface area contributed by atoms with Crippen molar-refractivity contribution in [3.63, 3.8) is 0 Å². The standard InChI is InChI=1S/C26H44O2/c1-7-12-23(8-2)27-25(19-21-13-10-9-11-14-21)28-24-17-15-22(16-18-24)20(3)26(4,5)6/h15-18,20-21,23,25H,7-14,19H2,1-6H3. The van der Waals surface area contributed by atoms with Gasteiger partial charge >= 0.3 is 0 Å². The first-order chi connectivity index (χ1) is 13.3. The maximum absolute atomic E-state index is 6.46. The summed E-state index contributed by atoms with van der Waals surface area (Å²) in [4.78, 5) is 0. The predicted octanol–water partition coefficient (Wildman–Crippen LogP) is 8.11. The zero-order valence-electron chi connectivity index (χ0n) is 19.3. The summed E-state index contributed by atoms with van der Waals surface area (Å²) in [5.41, 5.74) is 1.64. The summed E-state index contributed by atoms with van der Waals surface area (Å²) in [5, 5.41) is 0. The van der Waals surface area contributed by atoms with Gasteiger partial charge in [-0.25, -0.2) is 0 Å². The van der Waals surface area contributed by atoms with Crippen molar-refractivity contribution in [1.29, 1.82) is 0 Å². The highest BCUT2D eigenvalue weighted by molar-refractivity contribution is 5.30. The SMILES string of the molecule is CCCC(CC)OC(CC1CCCCC1)Oc1ccc(C(C)C(C)(C)C)cc1. The molecule has 160 valence electrons. The lowest BCUT2D eigenvalue weighted by Gasteiger charge is -2.30. The minimum absolute atomic E-state index is 0.120. The Labute approximate surface area is 174 Å². The first kappa shape index (κ1) is 23.3. The molecule has 1 saturated carbocycles. The average molecular weight is 389 g/mol. The smallest absolute Gasteiger partial charge is 0.200 e. The highest BCUT2D eigenvalue weighted by Crippen LogP contribution is 2.35. The fraction of sp³-hybridized carbons (Fsp3) is 0.769. The van der Waals surface area contributed by atoms with Gasteiger partial charge in [-0.15, -0.1) is 0 Å². The third-order valence-corrected chi connectivity index (χ3v) is 6.61. The normalized spacial score (nSPS) is 19.2. The molecule has 1 fully saturated rings. The summed E-state index contributed by atoms with van der Waals surface area (Å²) in [6.45, 7) is 13.7. The van der Waals surface area contributed by atoms with Crippen LogP contribution in [0.25, 0.3) is 0 Å². The van der Waals surface area contributed by atoms with Crippen molar-refractivity contribution in [3.8, 4) is 5.75 Å². The van der Waals surface area contributed by atoms with Crippen LogP contribution in [0.2, 0.25) is 0 Å². The van der Waals surface area contributed by atoms with Crippen LogP contribution in [0.3, 0.4) is 0 Å². The van der Waals surface area contributed by atoms with Crippen LogP contribution < -0.4 is 4.74 Å². The van der Waals surface area contributed by atoms with Crippen molar-refractivity contribution in [1.82, 2.24) is 0 Å². The minimum atomic E-state index is -0.120. The number of rotatable bonds is 10. The van der Waals surface area contributed by atoms with Gasteiger partial charge < -0.3 is 9.47 Å². The molecule has 0 bridgehead atoms. The summed E-state index contributed by atoms with van der Waals surface area (Å²) >= 11 is 0. The lowest BCUT2D eigenvalue weighted by atomic mass is 9.78. The largest absolute Gasteiger partial charge is 0.465 e. The number of ether oxygens (including phenoxy) is 2. The third-order valence-electron chi connectivity index (χ3n) is 6.61. The molecule has 0 aliphatic heterocycles. The van der Waals surface area contributed by atoms with Crippen molar-refractivity contribution in [2.24, 2.45) is 11.3 Å². The van der Waals surface area contributed by atoms with Crippen LogP contribution in [0.15, 0.2) is 24.3 Å². The van der Waals surface area contributed by atoms with Crippen LogP contribution in [0.5, 0.6) is 5.75 Å². The molecule has 3 unspecified atom stereocenters. The van der Waals surface area contributed by atoms with Crippen LogP contribution in [0, 0.1) is 11.3 Å². The molecule has 2 heteroatoms. The molecule has 0 heterocycles. The van der Waals surface area contributed by atoms with E-state index in [-0.39, 0.29) is 11.7 Å². The second-order valence-corrected chi connectivity index (χ2v) is 9.90. The molecule has 0 radical (unpaired) electrons. The Balaban J connectivity index is 2.05. The van der Waals surface area contributed by atoms with E-state index >= 15 is 0 Å². The first-order valence-corrected chi connectivity index (χ1v) is 11.8. The highest BCUT2D eigenvalue weighted by Gasteiger charge is 2.24. The molecule has 1 aromatic carbocycles. The summed E-state index contributed by atoms with van der Waals surface area (Å²) < 4.78 is 12.9. The summed E-state index contributed by atoms with van der Waals surface area (Å²) in [7, 11) is 0. The quantitative estimate of drug-likeness (QED) is 0.377. The second-order valence-electron chi connectivity index (χ2n) is 9.90. The van der Waals surface area contributed by atoms with E-state index in [1.54, 1.807) is 0 Å². The predicted molar refractivity (Wildman–Crippen MR) is 120 cm³/mol. The summed E-state index contributed by atoms with van der Waals surface area (Å²) in [6, 6.07) is 8.73. The van der Waals surface area contributed by atoms with Crippen LogP contribution >= 0.6 is 0 Å². The lowest BCUT2D eigenvalue weighted by molar-refractivity contribution is -0.133. The maximum Gasteiger partial charge on any atom is 0.200 e. The molecule has 0 aromatic heterocycles. The Kier molecular flexibility index (Phi) is 9.34. The van der Waals surface area contributed by atoms with Gasteiger partial charge in [0, 0.05) is 6.42 Å². The van der Waals surface area contributed by atoms with Gasteiger partial charge in [-0.1, -0.05) is 92.2 Å². The van der Waals surface area contributed by atoms with Gasteiger partial charge in [0.1, 0.15) is 5.75 Å². The second kappa shape index (κ2) is 11.2. The molecule has 0 spiro atoms. The monoisotopic (exact) mass is 388 g/mol. The Hall–Kier alpha value is -1.02. The van der Waals surface area contributed by atoms with Crippen molar-refractivity contribution in [3.05, 3.63) is 29.8 Å². The van der Waals surface area contributed by atoms with Gasteiger partial charge in [0.15, 0.2) is 6.29 Å². The topological polar surface area (TPSA) is 18.5 Å². The van der Waals surface area contributed by atoms with Gasteiger partial charge in [0.05, 0.1) is 6.10 Å². The number of hydrogen-bond donors (Lipinski definition) is 0. The molecule has 2 rings (SSSR count). The van der Waals surface area contributed by atoms with E-state index in [1.165, 1.54) is 37.7 Å². The maximum atomic E-state index is 6.46. The molecule has 1 aliphatic carbocycles. The van der Waals surface area contributed by atoms with Gasteiger partial charge in [0.2, 0.25) is 0 Å². The molecule has 28 heavy (non-hydrogen) atoms. The van der Waals surface area contributed by atoms with Gasteiger partial charge in [0.25, 0.3) is 0 Å². The van der Waals surface area contributed by atoms with Crippen molar-refractivity contribution in [2.45, 2.75) is 118 Å². The molecule has 0 N–H and O–H groups in total. The Morgan fingerprint density at radius 3 is 2.18 bits per heavy atom. The number of hydrogen-bond acceptors (Lipinski definition) is 2. The first-order valence-electron chi connectivity index (χ1n) is 11.8. The van der Waals surface area contributed by atoms with Gasteiger partial charge in [-0.2, -0.15) is 0 Å². The van der Waals surface area contributed by atoms with E-state index in [4.69, 9.17) is 9.47 Å². The molecule has 3 atom stereocenters. The van der Waals surface area contributed by atoms with E-state index in [9.17, 15) is 0 Å². The molecule has 1 aliphatic rings. The molecule has 0 saturated heterocycles. The summed E-state index contributed by atoms with van der Waals surface area (Å²) in [5.74, 6) is 2.21. The highest BCUT2D eigenvalue weighted by atomic mass is 16.7. The van der Waals surface area contributed by atoms with E-state index in [0.717, 1.165) is 37.4 Å². The van der Waals surface area contributed by atoms with Gasteiger partial charge in [-0.3, -0.25) is 0 Å². The Morgan fingerprint density at radius 2 is 1.64 bits per heavy atom. The van der Waals surface area contributed by atoms with E-state index in [2.05, 4.69) is 65.8 Å². The zero-order chi connectivity index (χ0) is 20.6. The average Bonchev–Trinajstić information content (AvgIpc) is 2.67. The molecule has 2 nitrogen and oxygen atoms in total. The molecular weight excluding hydrogens is 344 g/mol. The van der Waals surface area contributed by atoms with E-state index in [0.29, 0.717) is 12.0 Å². The van der Waals surface area contributed by atoms with E-state index < -0.39 is 0 Å². The van der Waals surface area contributed by atoms with Crippen LogP contribution in [-0.4, -0.2) is 12.4 Å². The lowest BCUT2D eigenvalue weighted by Crippen LogP contribution is -2.30. The summed E-state index contributed by atoms with van der Waals surface area (Å²) in [6.07, 6.45) is 11.3. The third kappa shape index (κ3) is 7.43. The van der Waals surface area contributed by atoms with Crippen molar-refractivity contribution >= 4 is 0 Å². The Bertz CT molecular complexity index is 530. The van der Waals surface area contributed by atoms with Crippen molar-refractivity contribution in [2.75, 3.05) is 0 Å².